The van der Waals surface area contributed by atoms with Gasteiger partial charge in [0.1, 0.15) is 6.10 Å². The summed E-state index contributed by atoms with van der Waals surface area (Å²) in [6.07, 6.45) is 22.8. The second-order valence-electron chi connectivity index (χ2n) is 10.5. The number of unbranched alkanes of at least 4 members (excludes halogenated alkanes) is 17. The highest BCUT2D eigenvalue weighted by Gasteiger charge is 2.27. The Morgan fingerprint density at radius 2 is 1.16 bits per heavy atom. The second kappa shape index (κ2) is 24.1. The van der Waals surface area contributed by atoms with Crippen LogP contribution in [0.4, 0.5) is 0 Å². The number of aliphatic hydroxyl groups is 2. The highest BCUT2D eigenvalue weighted by Crippen LogP contribution is 2.13. The lowest BCUT2D eigenvalue weighted by molar-refractivity contribution is -0.130. The molecule has 0 fully saturated rings. The zero-order valence-electron chi connectivity index (χ0n) is 23.7. The van der Waals surface area contributed by atoms with Gasteiger partial charge < -0.3 is 15.5 Å². The predicted molar refractivity (Wildman–Crippen MR) is 153 cm³/mol. The van der Waals surface area contributed by atoms with Gasteiger partial charge in [0.2, 0.25) is 5.91 Å². The maximum atomic E-state index is 12.4. The van der Waals surface area contributed by atoms with Gasteiger partial charge in [-0.05, 0) is 19.3 Å². The van der Waals surface area contributed by atoms with Crippen LogP contribution in [0, 0.1) is 0 Å². The highest BCUT2D eigenvalue weighted by atomic mass is 32.2. The van der Waals surface area contributed by atoms with Crippen molar-refractivity contribution in [1.82, 2.24) is 5.32 Å². The maximum absolute atomic E-state index is 12.4. The molecule has 7 nitrogen and oxygen atoms in total. The van der Waals surface area contributed by atoms with Crippen molar-refractivity contribution in [3.05, 3.63) is 12.2 Å². The molecule has 0 rings (SSSR count). The third kappa shape index (κ3) is 23.9. The molecule has 0 aromatic heterocycles. The Kier molecular flexibility index (Phi) is 23.5. The van der Waals surface area contributed by atoms with E-state index in [4.69, 9.17) is 0 Å². The van der Waals surface area contributed by atoms with Crippen molar-refractivity contribution in [2.24, 2.45) is 0 Å². The third-order valence-electron chi connectivity index (χ3n) is 6.82. The number of carbonyl (C=O) groups is 1. The topological polar surface area (TPSA) is 124 Å². The maximum Gasteiger partial charge on any atom is 0.267 e. The molecule has 220 valence electrons. The molecule has 1 amide bonds. The molecule has 3 atom stereocenters. The van der Waals surface area contributed by atoms with Crippen molar-refractivity contribution in [2.45, 2.75) is 161 Å². The summed E-state index contributed by atoms with van der Waals surface area (Å²) in [4.78, 5) is 12.4. The summed E-state index contributed by atoms with van der Waals surface area (Å²) < 4.78 is 32.1. The van der Waals surface area contributed by atoms with E-state index in [-0.39, 0.29) is 6.42 Å². The first-order valence-corrected chi connectivity index (χ1v) is 16.6. The fourth-order valence-corrected chi connectivity index (χ4v) is 5.19. The van der Waals surface area contributed by atoms with E-state index in [0.717, 1.165) is 38.5 Å². The van der Waals surface area contributed by atoms with Crippen molar-refractivity contribution in [1.29, 1.82) is 0 Å². The van der Waals surface area contributed by atoms with Gasteiger partial charge in [0.05, 0.1) is 17.9 Å². The molecule has 37 heavy (non-hydrogen) atoms. The van der Waals surface area contributed by atoms with Gasteiger partial charge in [0.15, 0.2) is 0 Å². The summed E-state index contributed by atoms with van der Waals surface area (Å²) in [5.41, 5.74) is 0. The fraction of sp³-hybridized carbons (Fsp3) is 0.897. The molecular weight excluding hydrogens is 490 g/mol. The minimum Gasteiger partial charge on any atom is -0.387 e. The van der Waals surface area contributed by atoms with E-state index in [2.05, 4.69) is 19.2 Å². The predicted octanol–water partition coefficient (Wildman–Crippen LogP) is 6.48. The minimum absolute atomic E-state index is 0.283. The van der Waals surface area contributed by atoms with Gasteiger partial charge in [0.25, 0.3) is 10.1 Å². The smallest absolute Gasteiger partial charge is 0.267 e. The Morgan fingerprint density at radius 1 is 0.730 bits per heavy atom. The van der Waals surface area contributed by atoms with Gasteiger partial charge in [0, 0.05) is 0 Å². The summed E-state index contributed by atoms with van der Waals surface area (Å²) in [6, 6.07) is -1.22. The van der Waals surface area contributed by atoms with Gasteiger partial charge in [-0.1, -0.05) is 135 Å². The van der Waals surface area contributed by atoms with E-state index in [0.29, 0.717) is 6.42 Å². The monoisotopic (exact) mass is 547 g/mol. The summed E-state index contributed by atoms with van der Waals surface area (Å²) in [5.74, 6) is -1.53. The lowest BCUT2D eigenvalue weighted by Gasteiger charge is -2.22. The van der Waals surface area contributed by atoms with Gasteiger partial charge >= 0.3 is 0 Å². The molecule has 3 unspecified atom stereocenters. The first kappa shape index (κ1) is 36.0. The van der Waals surface area contributed by atoms with Crippen LogP contribution in [0.5, 0.6) is 0 Å². The van der Waals surface area contributed by atoms with E-state index in [1.54, 1.807) is 6.08 Å². The average molecular weight is 548 g/mol. The molecule has 0 saturated carbocycles. The molecule has 0 bridgehead atoms. The first-order chi connectivity index (χ1) is 17.7. The van der Waals surface area contributed by atoms with E-state index >= 15 is 0 Å². The van der Waals surface area contributed by atoms with Crippen LogP contribution >= 0.6 is 0 Å². The van der Waals surface area contributed by atoms with Crippen LogP contribution in [-0.2, 0) is 14.9 Å². The van der Waals surface area contributed by atoms with Gasteiger partial charge in [-0.15, -0.1) is 0 Å². The number of nitrogens with one attached hydrogen (secondary N) is 1. The Labute approximate surface area is 227 Å². The van der Waals surface area contributed by atoms with Gasteiger partial charge in [-0.25, -0.2) is 0 Å². The van der Waals surface area contributed by atoms with Crippen LogP contribution < -0.4 is 5.32 Å². The Morgan fingerprint density at radius 3 is 1.62 bits per heavy atom. The van der Waals surface area contributed by atoms with Crippen molar-refractivity contribution in [3.63, 3.8) is 0 Å². The third-order valence-corrected chi connectivity index (χ3v) is 7.60. The van der Waals surface area contributed by atoms with E-state index in [1.165, 1.54) is 83.1 Å². The van der Waals surface area contributed by atoms with E-state index in [9.17, 15) is 28.0 Å². The SMILES string of the molecule is CCCCCCCCCC/C=C/C(O)C(CS(=O)(=O)O)NC(=O)C(O)CCCCCCCCCCCC. The Bertz CT molecular complexity index is 667. The molecule has 0 aliphatic carbocycles. The van der Waals surface area contributed by atoms with Crippen molar-refractivity contribution >= 4 is 16.0 Å². The summed E-state index contributed by atoms with van der Waals surface area (Å²) in [5, 5.41) is 23.1. The molecule has 0 aromatic rings. The quantitative estimate of drug-likeness (QED) is 0.0558. The molecule has 0 saturated heterocycles. The lowest BCUT2D eigenvalue weighted by Crippen LogP contribution is -2.50. The normalized spacial score (nSPS) is 14.6. The summed E-state index contributed by atoms with van der Waals surface area (Å²) in [6.45, 7) is 4.41. The number of hydrogen-bond acceptors (Lipinski definition) is 5. The average Bonchev–Trinajstić information content (AvgIpc) is 2.84. The summed E-state index contributed by atoms with van der Waals surface area (Å²) in [7, 11) is -4.42. The number of hydrogen-bond donors (Lipinski definition) is 4. The number of carbonyl (C=O) groups excluding carboxylic acids is 1. The minimum atomic E-state index is -4.42. The number of amides is 1. The molecule has 0 heterocycles. The molecule has 4 N–H and O–H groups in total. The van der Waals surface area contributed by atoms with Crippen molar-refractivity contribution < 1.29 is 28.0 Å². The van der Waals surface area contributed by atoms with Crippen LogP contribution in [-0.4, -0.2) is 53.1 Å². The van der Waals surface area contributed by atoms with Gasteiger partial charge in [-0.2, -0.15) is 8.42 Å². The first-order valence-electron chi connectivity index (χ1n) is 15.0. The van der Waals surface area contributed by atoms with E-state index in [1.807, 2.05) is 0 Å². The number of aliphatic hydroxyl groups excluding tert-OH is 2. The molecule has 0 aliphatic rings. The Hall–Kier alpha value is -0.960. The largest absolute Gasteiger partial charge is 0.387 e. The van der Waals surface area contributed by atoms with Gasteiger partial charge in [-0.3, -0.25) is 9.35 Å². The number of allylic oxidation sites excluding steroid dienone is 1. The number of rotatable bonds is 26. The molecule has 0 spiro atoms. The fourth-order valence-electron chi connectivity index (χ4n) is 4.45. The molecule has 8 heteroatoms. The molecular formula is C29H57NO6S. The highest BCUT2D eigenvalue weighted by molar-refractivity contribution is 7.85. The standard InChI is InChI=1S/C29H57NO6S/c1-3-5-7-9-11-13-15-17-19-21-23-27(31)26(25-37(34,35)36)30-29(33)28(32)24-22-20-18-16-14-12-10-8-6-4-2/h21,23,26-28,31-32H,3-20,22,24-25H2,1-2H3,(H,30,33)(H,34,35,36)/b23-21+. The van der Waals surface area contributed by atoms with Crippen LogP contribution in [0.25, 0.3) is 0 Å². The van der Waals surface area contributed by atoms with E-state index < -0.39 is 40.0 Å². The lowest BCUT2D eigenvalue weighted by atomic mass is 10.0. The van der Waals surface area contributed by atoms with Crippen molar-refractivity contribution in [2.75, 3.05) is 5.75 Å². The van der Waals surface area contributed by atoms with Crippen LogP contribution in [0.2, 0.25) is 0 Å². The van der Waals surface area contributed by atoms with Crippen LogP contribution in [0.15, 0.2) is 12.2 Å². The molecule has 0 aliphatic heterocycles. The second-order valence-corrected chi connectivity index (χ2v) is 12.0. The summed E-state index contributed by atoms with van der Waals surface area (Å²) >= 11 is 0. The zero-order valence-corrected chi connectivity index (χ0v) is 24.5. The van der Waals surface area contributed by atoms with Crippen LogP contribution in [0.1, 0.15) is 142 Å². The van der Waals surface area contributed by atoms with Crippen LogP contribution in [0.3, 0.4) is 0 Å². The molecule has 0 radical (unpaired) electrons. The Balaban J connectivity index is 4.28. The zero-order chi connectivity index (χ0) is 27.8. The van der Waals surface area contributed by atoms with Crippen molar-refractivity contribution in [3.8, 4) is 0 Å². The molecule has 0 aromatic carbocycles.